The predicted octanol–water partition coefficient (Wildman–Crippen LogP) is 8.95. The molecule has 3 nitrogen and oxygen atoms in total. The molecule has 0 saturated carbocycles. The van der Waals surface area contributed by atoms with Gasteiger partial charge in [0.25, 0.3) is 0 Å². The van der Waals surface area contributed by atoms with Crippen molar-refractivity contribution in [3.63, 3.8) is 0 Å². The Morgan fingerprint density at radius 1 is 1.09 bits per heavy atom. The van der Waals surface area contributed by atoms with E-state index in [0.29, 0.717) is 0 Å². The van der Waals surface area contributed by atoms with Crippen molar-refractivity contribution < 1.29 is 56.9 Å². The fraction of sp³-hybridized carbons (Fsp3) is 0.513. The van der Waals surface area contributed by atoms with Gasteiger partial charge in [-0.1, -0.05) is 95.6 Å². The number of aryl methyl sites for hydroxylation is 2. The first-order valence-electron chi connectivity index (χ1n) is 16.3. The molecule has 0 bridgehead atoms. The Kier molecular flexibility index (Phi) is 28.6. The van der Waals surface area contributed by atoms with Crippen LogP contribution in [0.1, 0.15) is 100 Å². The number of nitrogens with one attached hydrogen (secondary N) is 1. The van der Waals surface area contributed by atoms with Crippen LogP contribution in [-0.2, 0) is 13.0 Å². The Labute approximate surface area is 329 Å². The summed E-state index contributed by atoms with van der Waals surface area (Å²) < 4.78 is 0. The molecule has 2 heterocycles. The molecule has 0 amide bonds. The van der Waals surface area contributed by atoms with E-state index in [-0.39, 0.29) is 56.9 Å². The van der Waals surface area contributed by atoms with Crippen molar-refractivity contribution in [2.45, 2.75) is 105 Å². The number of hydrogen-bond acceptors (Lipinski definition) is 5. The molecule has 0 radical (unpaired) electrons. The maximum absolute atomic E-state index is 3.49. The van der Waals surface area contributed by atoms with Gasteiger partial charge in [-0.2, -0.15) is 24.6 Å². The van der Waals surface area contributed by atoms with Crippen LogP contribution in [0.3, 0.4) is 0 Å². The minimum absolute atomic E-state index is 0. The first-order chi connectivity index (χ1) is 20.6. The van der Waals surface area contributed by atoms with Crippen LogP contribution in [0, 0.1) is 38.7 Å². The number of rotatable bonds is 9. The summed E-state index contributed by atoms with van der Waals surface area (Å²) in [7, 11) is 4.12. The number of nitrogens with zero attached hydrogens (tertiary/aromatic N) is 1. The smallest absolute Gasteiger partial charge is 0.870 e. The van der Waals surface area contributed by atoms with Gasteiger partial charge in [0.1, 0.15) is 0 Å². The quantitative estimate of drug-likeness (QED) is 0.140. The summed E-state index contributed by atoms with van der Waals surface area (Å²) in [5.41, 5.74) is 5.58. The number of allylic oxidation sites excluding steroid dienone is 1. The molecule has 1 aliphatic rings. The molecule has 2 aromatic carbocycles. The minimum atomic E-state index is 0. The fourth-order valence-electron chi connectivity index (χ4n) is 5.05. The van der Waals surface area contributed by atoms with Crippen molar-refractivity contribution in [2.75, 3.05) is 26.0 Å². The molecule has 2 N–H and O–H groups in total. The van der Waals surface area contributed by atoms with Crippen molar-refractivity contribution in [3.8, 4) is 0 Å². The molecule has 2 atom stereocenters. The van der Waals surface area contributed by atoms with Crippen molar-refractivity contribution >= 4 is 33.7 Å². The van der Waals surface area contributed by atoms with E-state index in [1.54, 1.807) is 10.4 Å². The summed E-state index contributed by atoms with van der Waals surface area (Å²) in [6.45, 7) is 23.7. The Hall–Kier alpha value is -0.414. The Bertz CT molecular complexity index is 1180. The van der Waals surface area contributed by atoms with Crippen LogP contribution in [0.15, 0.2) is 59.5 Å². The van der Waals surface area contributed by atoms with Crippen LogP contribution in [-0.4, -0.2) is 31.0 Å². The molecule has 3 aromatic rings. The molecule has 0 fully saturated rings. The van der Waals surface area contributed by atoms with E-state index in [1.807, 2.05) is 61.3 Å². The number of anilines is 1. The molecule has 45 heavy (non-hydrogen) atoms. The van der Waals surface area contributed by atoms with Crippen molar-refractivity contribution in [2.24, 2.45) is 11.8 Å². The number of hydrogen-bond donors (Lipinski definition) is 1. The first kappa shape index (κ1) is 46.7. The summed E-state index contributed by atoms with van der Waals surface area (Å²) in [5.74, 6) is 1.88. The predicted molar refractivity (Wildman–Crippen MR) is 200 cm³/mol. The van der Waals surface area contributed by atoms with Crippen LogP contribution in [0.2, 0.25) is 0 Å². The standard InChI is InChI=1S/C19H23NS2.C10H22.C7H8N.C3H7.K.H2O/c1-5-16(22-17-9-7-6-8-13(17)2)19-14(3)21-18-12-20(4)11-10-15(18)19;1-5-7-10(4)8-9(3)6-2;1-8-7-5-3-2-4-6-7;1-3-2;;/h5-9H,10-12H2,1-4H3;9-10H,5-8H2,1-4H3;3-6,8H,1H3;1,3H2,2H3;;1H2/q;;2*-1;+1;/p-1/b16-5-;;;;;. The second-order valence-electron chi connectivity index (χ2n) is 11.6. The third kappa shape index (κ3) is 18.1. The van der Waals surface area contributed by atoms with E-state index in [1.165, 1.54) is 64.5 Å². The molecular weight excluding hydrogens is 616 g/mol. The van der Waals surface area contributed by atoms with Gasteiger partial charge in [-0.3, -0.25) is 0 Å². The summed E-state index contributed by atoms with van der Waals surface area (Å²) in [6.07, 6.45) is 9.97. The zero-order valence-corrected chi connectivity index (χ0v) is 35.2. The third-order valence-electron chi connectivity index (χ3n) is 7.54. The molecule has 4 rings (SSSR count). The van der Waals surface area contributed by atoms with Crippen molar-refractivity contribution in [1.29, 1.82) is 0 Å². The van der Waals surface area contributed by atoms with E-state index < -0.39 is 0 Å². The summed E-state index contributed by atoms with van der Waals surface area (Å²) >= 11 is 3.90. The van der Waals surface area contributed by atoms with Crippen LogP contribution in [0.4, 0.5) is 5.69 Å². The minimum Gasteiger partial charge on any atom is -0.870 e. The average Bonchev–Trinajstić information content (AvgIpc) is 3.32. The second kappa shape index (κ2) is 27.5. The van der Waals surface area contributed by atoms with Gasteiger partial charge in [0, 0.05) is 45.3 Å². The molecular formula is C39H61KN2OS2-2. The molecule has 0 spiro atoms. The topological polar surface area (TPSA) is 45.3 Å². The molecule has 2 unspecified atom stereocenters. The van der Waals surface area contributed by atoms with Crippen LogP contribution in [0.25, 0.3) is 4.91 Å². The molecule has 1 aliphatic heterocycles. The number of thioether (sulfide) groups is 1. The van der Waals surface area contributed by atoms with Gasteiger partial charge < -0.3 is 22.6 Å². The number of fused-ring (bicyclic) bond motifs is 1. The first-order valence-corrected chi connectivity index (χ1v) is 17.9. The van der Waals surface area contributed by atoms with Crippen molar-refractivity contribution in [3.05, 3.63) is 94.0 Å². The van der Waals surface area contributed by atoms with E-state index in [9.17, 15) is 0 Å². The van der Waals surface area contributed by atoms with Gasteiger partial charge in [-0.15, -0.1) is 23.5 Å². The SMILES string of the molecule is C/C=C(\Sc1ccccc1C)c1c(C)sc2c1CCN(C)C2.CCCC(C)CC(C)CC.CNc1cc[c-]cc1.[CH2-]CC.[K+].[OH-]. The molecule has 0 saturated heterocycles. The zero-order chi connectivity index (χ0) is 32.2. The van der Waals surface area contributed by atoms with E-state index in [0.717, 1.165) is 30.5 Å². The number of likely N-dealkylation sites (N-methyl/N-ethyl adjacent to an activating group) is 1. The van der Waals surface area contributed by atoms with Crippen molar-refractivity contribution in [1.82, 2.24) is 4.90 Å². The maximum Gasteiger partial charge on any atom is 1.00 e. The van der Waals surface area contributed by atoms with Gasteiger partial charge in [0.2, 0.25) is 0 Å². The number of benzene rings is 2. The van der Waals surface area contributed by atoms with Crippen LogP contribution < -0.4 is 56.7 Å². The molecule has 1 aromatic heterocycles. The van der Waals surface area contributed by atoms with Gasteiger partial charge in [-0.05, 0) is 69.7 Å². The van der Waals surface area contributed by atoms with Gasteiger partial charge in [0.15, 0.2) is 0 Å². The fourth-order valence-corrected chi connectivity index (χ4v) is 7.54. The second-order valence-corrected chi connectivity index (χ2v) is 14.0. The largest absolute Gasteiger partial charge is 1.00 e. The van der Waals surface area contributed by atoms with E-state index in [2.05, 4.69) is 109 Å². The third-order valence-corrected chi connectivity index (χ3v) is 10.0. The summed E-state index contributed by atoms with van der Waals surface area (Å²) in [5, 5.41) is 3.01. The Morgan fingerprint density at radius 3 is 2.22 bits per heavy atom. The Balaban J connectivity index is 0. The van der Waals surface area contributed by atoms with Gasteiger partial charge in [0.05, 0.1) is 0 Å². The van der Waals surface area contributed by atoms with Gasteiger partial charge >= 0.3 is 51.4 Å². The molecule has 6 heteroatoms. The van der Waals surface area contributed by atoms with E-state index >= 15 is 0 Å². The average molecular weight is 677 g/mol. The zero-order valence-electron chi connectivity index (χ0n) is 30.4. The van der Waals surface area contributed by atoms with Crippen LogP contribution >= 0.6 is 23.1 Å². The molecule has 0 aliphatic carbocycles. The summed E-state index contributed by atoms with van der Waals surface area (Å²) in [4.78, 5) is 8.23. The Morgan fingerprint density at radius 2 is 1.71 bits per heavy atom. The van der Waals surface area contributed by atoms with Crippen LogP contribution in [0.5, 0.6) is 0 Å². The monoisotopic (exact) mass is 676 g/mol. The summed E-state index contributed by atoms with van der Waals surface area (Å²) in [6, 6.07) is 19.3. The van der Waals surface area contributed by atoms with E-state index in [4.69, 9.17) is 0 Å². The van der Waals surface area contributed by atoms with Gasteiger partial charge in [-0.25, -0.2) is 0 Å². The number of thiophene rings is 1. The maximum atomic E-state index is 3.49. The molecule has 248 valence electrons. The normalized spacial score (nSPS) is 13.4.